The zero-order chi connectivity index (χ0) is 13.1. The first-order chi connectivity index (χ1) is 8.58. The standard InChI is InChI=1S/C15H27N3/c1-11(2)15(16)14-8-17-10-18(14)9-13-6-4-5-12(3)7-13/h8,10-13,15H,4-7,9,16H2,1-3H3. The summed E-state index contributed by atoms with van der Waals surface area (Å²) in [4.78, 5) is 4.29. The van der Waals surface area contributed by atoms with Crippen molar-refractivity contribution in [1.29, 1.82) is 0 Å². The molecule has 1 fully saturated rings. The van der Waals surface area contributed by atoms with E-state index in [0.717, 1.165) is 18.4 Å². The van der Waals surface area contributed by atoms with E-state index in [-0.39, 0.29) is 6.04 Å². The molecule has 0 saturated heterocycles. The summed E-state index contributed by atoms with van der Waals surface area (Å²) in [5.41, 5.74) is 7.45. The van der Waals surface area contributed by atoms with Crippen molar-refractivity contribution < 1.29 is 0 Å². The van der Waals surface area contributed by atoms with Gasteiger partial charge >= 0.3 is 0 Å². The Morgan fingerprint density at radius 3 is 2.89 bits per heavy atom. The molecule has 3 heteroatoms. The van der Waals surface area contributed by atoms with Crippen molar-refractivity contribution in [3.8, 4) is 0 Å². The van der Waals surface area contributed by atoms with Gasteiger partial charge in [-0.25, -0.2) is 4.98 Å². The molecule has 1 aromatic heterocycles. The lowest BCUT2D eigenvalue weighted by atomic mass is 9.82. The van der Waals surface area contributed by atoms with Crippen LogP contribution in [-0.4, -0.2) is 9.55 Å². The smallest absolute Gasteiger partial charge is 0.0948 e. The predicted molar refractivity (Wildman–Crippen MR) is 75.1 cm³/mol. The molecule has 102 valence electrons. The van der Waals surface area contributed by atoms with Crippen molar-refractivity contribution in [3.05, 3.63) is 18.2 Å². The molecule has 18 heavy (non-hydrogen) atoms. The Kier molecular flexibility index (Phi) is 4.44. The van der Waals surface area contributed by atoms with E-state index in [1.165, 1.54) is 31.4 Å². The molecule has 1 heterocycles. The Morgan fingerprint density at radius 1 is 1.44 bits per heavy atom. The lowest BCUT2D eigenvalue weighted by Crippen LogP contribution is -2.24. The number of nitrogens with zero attached hydrogens (tertiary/aromatic N) is 2. The Balaban J connectivity index is 2.03. The summed E-state index contributed by atoms with van der Waals surface area (Å²) in [6.45, 7) is 7.82. The summed E-state index contributed by atoms with van der Waals surface area (Å²) in [5, 5.41) is 0. The minimum atomic E-state index is 0.105. The fourth-order valence-corrected chi connectivity index (χ4v) is 3.11. The quantitative estimate of drug-likeness (QED) is 0.889. The van der Waals surface area contributed by atoms with Crippen molar-refractivity contribution in [3.63, 3.8) is 0 Å². The summed E-state index contributed by atoms with van der Waals surface area (Å²) in [6, 6.07) is 0.105. The fourth-order valence-electron chi connectivity index (χ4n) is 3.11. The molecular formula is C15H27N3. The molecule has 2 rings (SSSR count). The Morgan fingerprint density at radius 2 is 2.22 bits per heavy atom. The third kappa shape index (κ3) is 3.14. The van der Waals surface area contributed by atoms with Crippen LogP contribution in [0.5, 0.6) is 0 Å². The van der Waals surface area contributed by atoms with Gasteiger partial charge in [0.2, 0.25) is 0 Å². The second kappa shape index (κ2) is 5.87. The van der Waals surface area contributed by atoms with Gasteiger partial charge in [0.25, 0.3) is 0 Å². The summed E-state index contributed by atoms with van der Waals surface area (Å²) in [7, 11) is 0. The number of hydrogen-bond acceptors (Lipinski definition) is 2. The lowest BCUT2D eigenvalue weighted by molar-refractivity contribution is 0.253. The normalized spacial score (nSPS) is 26.5. The average Bonchev–Trinajstić information content (AvgIpc) is 2.76. The Bertz CT molecular complexity index is 370. The maximum atomic E-state index is 6.25. The molecule has 0 aliphatic heterocycles. The fraction of sp³-hybridized carbons (Fsp3) is 0.800. The number of aromatic nitrogens is 2. The summed E-state index contributed by atoms with van der Waals surface area (Å²) < 4.78 is 2.29. The molecule has 1 aliphatic carbocycles. The highest BCUT2D eigenvalue weighted by atomic mass is 15.1. The summed E-state index contributed by atoms with van der Waals surface area (Å²) in [5.74, 6) is 2.15. The SMILES string of the molecule is CC1CCCC(Cn2cncc2C(N)C(C)C)C1. The molecule has 0 bridgehead atoms. The molecule has 3 nitrogen and oxygen atoms in total. The van der Waals surface area contributed by atoms with Gasteiger partial charge in [-0.1, -0.05) is 33.6 Å². The average molecular weight is 249 g/mol. The van der Waals surface area contributed by atoms with Gasteiger partial charge in [0.05, 0.1) is 12.0 Å². The second-order valence-electron chi connectivity index (χ2n) is 6.38. The van der Waals surface area contributed by atoms with E-state index in [0.29, 0.717) is 5.92 Å². The first-order valence-electron chi connectivity index (χ1n) is 7.33. The van der Waals surface area contributed by atoms with Gasteiger partial charge in [-0.05, 0) is 30.6 Å². The Labute approximate surface area is 111 Å². The molecule has 3 atom stereocenters. The van der Waals surface area contributed by atoms with Crippen molar-refractivity contribution in [2.45, 2.75) is 59.0 Å². The number of imidazole rings is 1. The second-order valence-corrected chi connectivity index (χ2v) is 6.38. The van der Waals surface area contributed by atoms with Crippen LogP contribution >= 0.6 is 0 Å². The van der Waals surface area contributed by atoms with Crippen LogP contribution in [0.25, 0.3) is 0 Å². The molecule has 3 unspecified atom stereocenters. The van der Waals surface area contributed by atoms with E-state index in [9.17, 15) is 0 Å². The van der Waals surface area contributed by atoms with Crippen molar-refractivity contribution >= 4 is 0 Å². The van der Waals surface area contributed by atoms with E-state index in [1.54, 1.807) is 0 Å². The Hall–Kier alpha value is -0.830. The molecule has 1 saturated carbocycles. The maximum Gasteiger partial charge on any atom is 0.0948 e. The molecule has 2 N–H and O–H groups in total. The number of nitrogens with two attached hydrogens (primary N) is 1. The van der Waals surface area contributed by atoms with Gasteiger partial charge in [-0.3, -0.25) is 0 Å². The van der Waals surface area contributed by atoms with Gasteiger partial charge in [-0.2, -0.15) is 0 Å². The van der Waals surface area contributed by atoms with Crippen LogP contribution in [0, 0.1) is 17.8 Å². The van der Waals surface area contributed by atoms with Crippen LogP contribution in [0.1, 0.15) is 58.2 Å². The van der Waals surface area contributed by atoms with Gasteiger partial charge in [0.1, 0.15) is 0 Å². The highest BCUT2D eigenvalue weighted by molar-refractivity contribution is 5.05. The van der Waals surface area contributed by atoms with Crippen molar-refractivity contribution in [2.75, 3.05) is 0 Å². The molecule has 0 radical (unpaired) electrons. The third-order valence-corrected chi connectivity index (χ3v) is 4.30. The zero-order valence-corrected chi connectivity index (χ0v) is 12.0. The van der Waals surface area contributed by atoms with Gasteiger partial charge in [0, 0.05) is 18.8 Å². The topological polar surface area (TPSA) is 43.8 Å². The van der Waals surface area contributed by atoms with E-state index in [1.807, 2.05) is 12.5 Å². The summed E-state index contributed by atoms with van der Waals surface area (Å²) in [6.07, 6.45) is 9.39. The van der Waals surface area contributed by atoms with Crippen LogP contribution in [0.2, 0.25) is 0 Å². The summed E-state index contributed by atoms with van der Waals surface area (Å²) >= 11 is 0. The number of rotatable bonds is 4. The minimum Gasteiger partial charge on any atom is -0.333 e. The highest BCUT2D eigenvalue weighted by Crippen LogP contribution is 2.30. The van der Waals surface area contributed by atoms with Gasteiger partial charge in [-0.15, -0.1) is 0 Å². The van der Waals surface area contributed by atoms with E-state index in [2.05, 4.69) is 30.3 Å². The maximum absolute atomic E-state index is 6.25. The first-order valence-corrected chi connectivity index (χ1v) is 7.33. The van der Waals surface area contributed by atoms with Crippen LogP contribution in [0.3, 0.4) is 0 Å². The monoisotopic (exact) mass is 249 g/mol. The minimum absolute atomic E-state index is 0.105. The lowest BCUT2D eigenvalue weighted by Gasteiger charge is -2.28. The molecular weight excluding hydrogens is 222 g/mol. The van der Waals surface area contributed by atoms with Crippen molar-refractivity contribution in [1.82, 2.24) is 9.55 Å². The van der Waals surface area contributed by atoms with E-state index < -0.39 is 0 Å². The van der Waals surface area contributed by atoms with Gasteiger partial charge in [0.15, 0.2) is 0 Å². The van der Waals surface area contributed by atoms with Crippen LogP contribution in [-0.2, 0) is 6.54 Å². The molecule has 0 aromatic carbocycles. The predicted octanol–water partition coefficient (Wildman–Crippen LogP) is 3.37. The third-order valence-electron chi connectivity index (χ3n) is 4.30. The molecule has 0 amide bonds. The molecule has 1 aromatic rings. The van der Waals surface area contributed by atoms with Crippen LogP contribution in [0.15, 0.2) is 12.5 Å². The highest BCUT2D eigenvalue weighted by Gasteiger charge is 2.21. The van der Waals surface area contributed by atoms with E-state index in [4.69, 9.17) is 5.73 Å². The van der Waals surface area contributed by atoms with Crippen LogP contribution < -0.4 is 5.73 Å². The largest absolute Gasteiger partial charge is 0.333 e. The number of hydrogen-bond donors (Lipinski definition) is 1. The van der Waals surface area contributed by atoms with Crippen LogP contribution in [0.4, 0.5) is 0 Å². The van der Waals surface area contributed by atoms with Crippen molar-refractivity contribution in [2.24, 2.45) is 23.5 Å². The molecule has 1 aliphatic rings. The zero-order valence-electron chi connectivity index (χ0n) is 12.0. The van der Waals surface area contributed by atoms with Gasteiger partial charge < -0.3 is 10.3 Å². The first kappa shape index (κ1) is 13.6. The molecule has 0 spiro atoms. The van der Waals surface area contributed by atoms with E-state index >= 15 is 0 Å².